The lowest BCUT2D eigenvalue weighted by atomic mass is 9.75. The van der Waals surface area contributed by atoms with E-state index in [1.165, 1.54) is 0 Å². The van der Waals surface area contributed by atoms with Gasteiger partial charge in [-0.15, -0.1) is 4.73 Å². The van der Waals surface area contributed by atoms with Gasteiger partial charge in [-0.1, -0.05) is 39.3 Å². The number of ether oxygens (including phenoxy) is 1. The molecule has 1 aromatic rings. The zero-order valence-electron chi connectivity index (χ0n) is 17.4. The summed E-state index contributed by atoms with van der Waals surface area (Å²) in [6, 6.07) is 0. The first-order chi connectivity index (χ1) is 14.3. The van der Waals surface area contributed by atoms with E-state index in [1.807, 2.05) is 12.2 Å². The van der Waals surface area contributed by atoms with E-state index >= 15 is 0 Å². The molecular weight excluding hydrogens is 390 g/mol. The molecule has 0 spiro atoms. The number of hydrazine groups is 1. The number of nitrogens with zero attached hydrogens (tertiary/aromatic N) is 1. The van der Waals surface area contributed by atoms with E-state index in [-0.39, 0.29) is 35.6 Å². The minimum Gasteiger partial charge on any atom is -0.492 e. The molecule has 9 nitrogen and oxygen atoms in total. The van der Waals surface area contributed by atoms with Crippen LogP contribution in [-0.2, 0) is 4.74 Å². The van der Waals surface area contributed by atoms with E-state index in [0.717, 1.165) is 25.7 Å². The summed E-state index contributed by atoms with van der Waals surface area (Å²) in [6.07, 6.45) is 5.56. The van der Waals surface area contributed by atoms with Crippen LogP contribution in [0.25, 0.3) is 0 Å². The van der Waals surface area contributed by atoms with Crippen molar-refractivity contribution < 1.29 is 29.4 Å². The van der Waals surface area contributed by atoms with Crippen molar-refractivity contribution in [1.82, 2.24) is 15.6 Å². The van der Waals surface area contributed by atoms with Gasteiger partial charge in [-0.3, -0.25) is 0 Å². The predicted molar refractivity (Wildman–Crippen MR) is 107 cm³/mol. The molecule has 4 N–H and O–H groups in total. The van der Waals surface area contributed by atoms with Gasteiger partial charge in [0.2, 0.25) is 11.8 Å². The van der Waals surface area contributed by atoms with E-state index in [1.54, 1.807) is 0 Å². The number of hydrogen-bond acceptors (Lipinski definition) is 6. The lowest BCUT2D eigenvalue weighted by Crippen LogP contribution is -2.47. The van der Waals surface area contributed by atoms with Crippen molar-refractivity contribution in [3.05, 3.63) is 23.3 Å². The lowest BCUT2D eigenvalue weighted by molar-refractivity contribution is 0.00423. The Morgan fingerprint density at radius 2 is 1.63 bits per heavy atom. The smallest absolute Gasteiger partial charge is 0.451 e. The van der Waals surface area contributed by atoms with E-state index in [4.69, 9.17) is 9.57 Å². The van der Waals surface area contributed by atoms with Crippen LogP contribution in [0, 0.1) is 17.8 Å². The Bertz CT molecular complexity index is 841. The largest absolute Gasteiger partial charge is 0.492 e. The van der Waals surface area contributed by atoms with E-state index < -0.39 is 12.2 Å². The SMILES string of the molecule is CC(C)[C@@H]1CC[C@@H](C)C[C@H]1OC(=O)NNC(=O)On1c(O)c2c(c1O)C1C=CC2C1. The number of aromatic hydroxyl groups is 2. The van der Waals surface area contributed by atoms with Crippen LogP contribution in [-0.4, -0.2) is 33.2 Å². The summed E-state index contributed by atoms with van der Waals surface area (Å²) in [5, 5.41) is 20.7. The van der Waals surface area contributed by atoms with Crippen molar-refractivity contribution >= 4 is 12.2 Å². The molecule has 2 unspecified atom stereocenters. The lowest BCUT2D eigenvalue weighted by Gasteiger charge is -2.36. The van der Waals surface area contributed by atoms with Gasteiger partial charge in [-0.05, 0) is 37.0 Å². The molecule has 3 aliphatic carbocycles. The summed E-state index contributed by atoms with van der Waals surface area (Å²) in [6.45, 7) is 6.36. The van der Waals surface area contributed by atoms with Gasteiger partial charge in [-0.2, -0.15) is 0 Å². The predicted octanol–water partition coefficient (Wildman–Crippen LogP) is 3.28. The van der Waals surface area contributed by atoms with Gasteiger partial charge < -0.3 is 19.8 Å². The summed E-state index contributed by atoms with van der Waals surface area (Å²) >= 11 is 0. The topological polar surface area (TPSA) is 122 Å². The molecule has 1 heterocycles. The maximum atomic E-state index is 12.2. The molecule has 1 aromatic heterocycles. The quantitative estimate of drug-likeness (QED) is 0.441. The molecule has 30 heavy (non-hydrogen) atoms. The van der Waals surface area contributed by atoms with Gasteiger partial charge in [-0.25, -0.2) is 20.4 Å². The van der Waals surface area contributed by atoms with Crippen LogP contribution in [0.2, 0.25) is 0 Å². The summed E-state index contributed by atoms with van der Waals surface area (Å²) in [5.41, 5.74) is 5.41. The average molecular weight is 419 g/mol. The van der Waals surface area contributed by atoms with E-state index in [0.29, 0.717) is 27.7 Å². The molecule has 1 fully saturated rings. The maximum Gasteiger partial charge on any atom is 0.451 e. The fraction of sp³-hybridized carbons (Fsp3) is 0.619. The Balaban J connectivity index is 1.32. The summed E-state index contributed by atoms with van der Waals surface area (Å²) in [7, 11) is 0. The number of rotatable bonds is 3. The van der Waals surface area contributed by atoms with Crippen LogP contribution in [0.3, 0.4) is 0 Å². The third kappa shape index (κ3) is 3.57. The van der Waals surface area contributed by atoms with Crippen molar-refractivity contribution in [3.63, 3.8) is 0 Å². The van der Waals surface area contributed by atoms with Gasteiger partial charge in [0.05, 0.1) is 0 Å². The summed E-state index contributed by atoms with van der Waals surface area (Å²) < 4.78 is 6.21. The van der Waals surface area contributed by atoms with Crippen molar-refractivity contribution in [2.24, 2.45) is 17.8 Å². The molecule has 0 saturated heterocycles. The Morgan fingerprint density at radius 1 is 1.03 bits per heavy atom. The molecule has 0 aliphatic heterocycles. The van der Waals surface area contributed by atoms with E-state index in [2.05, 4.69) is 31.6 Å². The third-order valence-corrected chi connectivity index (χ3v) is 6.64. The van der Waals surface area contributed by atoms with E-state index in [9.17, 15) is 19.8 Å². The zero-order valence-corrected chi connectivity index (χ0v) is 17.4. The Kier molecular flexibility index (Phi) is 5.29. The molecule has 2 amide bonds. The van der Waals surface area contributed by atoms with Gasteiger partial charge in [0.25, 0.3) is 0 Å². The van der Waals surface area contributed by atoms with Gasteiger partial charge in [0.15, 0.2) is 0 Å². The highest BCUT2D eigenvalue weighted by Gasteiger charge is 2.42. The monoisotopic (exact) mass is 419 g/mol. The number of fused-ring (bicyclic) bond motifs is 5. The van der Waals surface area contributed by atoms with Crippen LogP contribution in [0.1, 0.15) is 69.4 Å². The standard InChI is InChI=1S/C21H29N3O6/c1-10(2)14-7-4-11(3)8-15(14)29-20(27)22-23-21(28)30-24-18(25)16-12-5-6-13(9-12)17(16)19(24)26/h5-6,10-15,25-26H,4,7-9H2,1-3H3,(H,22,27)(H,23,28)/t11-,12?,13?,14+,15-/m1/s1. The first-order valence-electron chi connectivity index (χ1n) is 10.6. The first kappa shape index (κ1) is 20.4. The fourth-order valence-electron chi connectivity index (χ4n) is 5.13. The third-order valence-electron chi connectivity index (χ3n) is 6.64. The van der Waals surface area contributed by atoms with Gasteiger partial charge in [0.1, 0.15) is 6.10 Å². The van der Waals surface area contributed by atoms with Crippen LogP contribution in [0.5, 0.6) is 11.8 Å². The second-order valence-electron chi connectivity index (χ2n) is 9.00. The number of hydrogen-bond donors (Lipinski definition) is 4. The second kappa shape index (κ2) is 7.77. The Morgan fingerprint density at radius 3 is 2.23 bits per heavy atom. The average Bonchev–Trinajstić information content (AvgIpc) is 3.36. The molecular formula is C21H29N3O6. The number of carbonyl (C=O) groups is 2. The minimum atomic E-state index is -1.07. The van der Waals surface area contributed by atoms with Crippen molar-refractivity contribution in [1.29, 1.82) is 0 Å². The summed E-state index contributed by atoms with van der Waals surface area (Å²) in [5.74, 6) is 0.523. The molecule has 2 bridgehead atoms. The molecule has 5 atom stereocenters. The van der Waals surface area contributed by atoms with Crippen molar-refractivity contribution in [2.75, 3.05) is 0 Å². The highest BCUT2D eigenvalue weighted by atomic mass is 16.7. The molecule has 4 rings (SSSR count). The molecule has 1 saturated carbocycles. The number of allylic oxidation sites excluding steroid dienone is 2. The number of carbonyl (C=O) groups excluding carboxylic acids is 2. The second-order valence-corrected chi connectivity index (χ2v) is 9.00. The summed E-state index contributed by atoms with van der Waals surface area (Å²) in [4.78, 5) is 29.2. The molecule has 0 aromatic carbocycles. The van der Waals surface area contributed by atoms with Crippen LogP contribution >= 0.6 is 0 Å². The Hall–Kier alpha value is -2.84. The highest BCUT2D eigenvalue weighted by Crippen LogP contribution is 2.56. The highest BCUT2D eigenvalue weighted by molar-refractivity contribution is 5.74. The molecule has 164 valence electrons. The van der Waals surface area contributed by atoms with Crippen LogP contribution in [0.4, 0.5) is 9.59 Å². The van der Waals surface area contributed by atoms with Crippen LogP contribution in [0.15, 0.2) is 12.2 Å². The Labute approximate surface area is 175 Å². The van der Waals surface area contributed by atoms with Crippen LogP contribution < -0.4 is 15.7 Å². The zero-order chi connectivity index (χ0) is 21.6. The molecule has 3 aliphatic rings. The fourth-order valence-corrected chi connectivity index (χ4v) is 5.13. The molecule has 0 radical (unpaired) electrons. The van der Waals surface area contributed by atoms with Gasteiger partial charge in [0, 0.05) is 23.0 Å². The first-order valence-corrected chi connectivity index (χ1v) is 10.6. The normalized spacial score (nSPS) is 29.0. The minimum absolute atomic E-state index is 0.00343. The van der Waals surface area contributed by atoms with Crippen molar-refractivity contribution in [2.45, 2.75) is 64.4 Å². The number of amides is 2. The number of aromatic nitrogens is 1. The maximum absolute atomic E-state index is 12.2. The molecule has 9 heteroatoms. The van der Waals surface area contributed by atoms with Crippen molar-refractivity contribution in [3.8, 4) is 11.8 Å². The van der Waals surface area contributed by atoms with Gasteiger partial charge >= 0.3 is 12.2 Å². The number of nitrogens with one attached hydrogen (secondary N) is 2.